The normalized spacial score (nSPS) is 14.3. The van der Waals surface area contributed by atoms with Gasteiger partial charge in [0.2, 0.25) is 0 Å². The van der Waals surface area contributed by atoms with Gasteiger partial charge in [0, 0.05) is 16.1 Å². The molecule has 0 aliphatic rings. The maximum Gasteiger partial charge on any atom is 0.129 e. The molecule has 0 bridgehead atoms. The van der Waals surface area contributed by atoms with Crippen LogP contribution in [0.2, 0.25) is 5.02 Å². The molecule has 0 aromatic heterocycles. The van der Waals surface area contributed by atoms with Crippen LogP contribution in [0.5, 0.6) is 0 Å². The lowest BCUT2D eigenvalue weighted by Gasteiger charge is -2.26. The van der Waals surface area contributed by atoms with E-state index in [1.54, 1.807) is 6.07 Å². The fourth-order valence-corrected chi connectivity index (χ4v) is 2.17. The number of hydrogen-bond donors (Lipinski definition) is 1. The van der Waals surface area contributed by atoms with Gasteiger partial charge in [0.1, 0.15) is 17.2 Å². The zero-order valence-electron chi connectivity index (χ0n) is 9.62. The first-order valence-corrected chi connectivity index (χ1v) is 5.73. The molecule has 1 nitrogen and oxygen atoms in total. The standard InChI is InChI=1S/C14H11ClF2O/c1-14(18,10-4-2-3-5-13(10)17)11-8-9(16)6-7-12(11)15/h2-8,18H,1H3. The van der Waals surface area contributed by atoms with Crippen LogP contribution in [0.15, 0.2) is 42.5 Å². The van der Waals surface area contributed by atoms with E-state index in [1.807, 2.05) is 0 Å². The molecule has 0 aliphatic heterocycles. The van der Waals surface area contributed by atoms with Crippen LogP contribution in [0.25, 0.3) is 0 Å². The summed E-state index contributed by atoms with van der Waals surface area (Å²) in [5.74, 6) is -1.10. The minimum Gasteiger partial charge on any atom is -0.381 e. The maximum absolute atomic E-state index is 13.7. The largest absolute Gasteiger partial charge is 0.381 e. The third-order valence-corrected chi connectivity index (χ3v) is 3.18. The van der Waals surface area contributed by atoms with E-state index in [1.165, 1.54) is 37.3 Å². The zero-order chi connectivity index (χ0) is 13.3. The second-order valence-electron chi connectivity index (χ2n) is 4.18. The molecule has 0 fully saturated rings. The lowest BCUT2D eigenvalue weighted by Crippen LogP contribution is -2.25. The van der Waals surface area contributed by atoms with Gasteiger partial charge in [-0.3, -0.25) is 0 Å². The minimum atomic E-state index is -1.69. The Balaban J connectivity index is 2.61. The average Bonchev–Trinajstić information content (AvgIpc) is 2.32. The number of halogens is 3. The van der Waals surface area contributed by atoms with Crippen LogP contribution in [-0.2, 0) is 5.60 Å². The molecule has 2 aromatic rings. The Morgan fingerprint density at radius 1 is 1.06 bits per heavy atom. The molecule has 0 heterocycles. The van der Waals surface area contributed by atoms with Crippen molar-refractivity contribution in [3.8, 4) is 0 Å². The molecular weight excluding hydrogens is 258 g/mol. The van der Waals surface area contributed by atoms with Gasteiger partial charge in [0.15, 0.2) is 0 Å². The van der Waals surface area contributed by atoms with Crippen molar-refractivity contribution < 1.29 is 13.9 Å². The van der Waals surface area contributed by atoms with Gasteiger partial charge in [-0.15, -0.1) is 0 Å². The quantitative estimate of drug-likeness (QED) is 0.876. The van der Waals surface area contributed by atoms with Crippen LogP contribution in [-0.4, -0.2) is 5.11 Å². The third-order valence-electron chi connectivity index (χ3n) is 2.85. The molecule has 1 atom stereocenters. The fraction of sp³-hybridized carbons (Fsp3) is 0.143. The molecule has 0 radical (unpaired) electrons. The Hall–Kier alpha value is -1.45. The van der Waals surface area contributed by atoms with Crippen molar-refractivity contribution in [1.82, 2.24) is 0 Å². The summed E-state index contributed by atoms with van der Waals surface area (Å²) >= 11 is 5.93. The molecule has 0 aliphatic carbocycles. The van der Waals surface area contributed by atoms with E-state index < -0.39 is 17.2 Å². The van der Waals surface area contributed by atoms with E-state index in [4.69, 9.17) is 11.6 Å². The van der Waals surface area contributed by atoms with Crippen molar-refractivity contribution in [3.63, 3.8) is 0 Å². The Labute approximate surface area is 109 Å². The van der Waals surface area contributed by atoms with E-state index in [0.29, 0.717) is 0 Å². The third kappa shape index (κ3) is 2.24. The Morgan fingerprint density at radius 3 is 2.39 bits per heavy atom. The summed E-state index contributed by atoms with van der Waals surface area (Å²) in [6, 6.07) is 9.41. The van der Waals surface area contributed by atoms with Crippen molar-refractivity contribution in [3.05, 3.63) is 70.2 Å². The Bertz CT molecular complexity index is 582. The highest BCUT2D eigenvalue weighted by Gasteiger charge is 2.30. The van der Waals surface area contributed by atoms with E-state index in [-0.39, 0.29) is 16.1 Å². The van der Waals surface area contributed by atoms with Gasteiger partial charge in [0.05, 0.1) is 0 Å². The second kappa shape index (κ2) is 4.67. The predicted molar refractivity (Wildman–Crippen MR) is 66.5 cm³/mol. The van der Waals surface area contributed by atoms with E-state index >= 15 is 0 Å². The molecule has 2 rings (SSSR count). The molecular formula is C14H11ClF2O. The van der Waals surface area contributed by atoms with E-state index in [9.17, 15) is 13.9 Å². The average molecular weight is 269 g/mol. The van der Waals surface area contributed by atoms with Crippen molar-refractivity contribution >= 4 is 11.6 Å². The molecule has 94 valence electrons. The summed E-state index contributed by atoms with van der Waals surface area (Å²) in [6.07, 6.45) is 0. The fourth-order valence-electron chi connectivity index (χ4n) is 1.87. The van der Waals surface area contributed by atoms with Gasteiger partial charge in [-0.05, 0) is 31.2 Å². The van der Waals surface area contributed by atoms with Crippen LogP contribution in [0.1, 0.15) is 18.1 Å². The van der Waals surface area contributed by atoms with Gasteiger partial charge in [-0.25, -0.2) is 8.78 Å². The summed E-state index contributed by atoms with van der Waals surface area (Å²) in [5, 5.41) is 10.6. The summed E-state index contributed by atoms with van der Waals surface area (Å²) in [7, 11) is 0. The first-order valence-electron chi connectivity index (χ1n) is 5.36. The highest BCUT2D eigenvalue weighted by molar-refractivity contribution is 6.31. The molecule has 4 heteroatoms. The summed E-state index contributed by atoms with van der Waals surface area (Å²) in [4.78, 5) is 0. The topological polar surface area (TPSA) is 20.2 Å². The zero-order valence-corrected chi connectivity index (χ0v) is 10.4. The van der Waals surface area contributed by atoms with Gasteiger partial charge in [0.25, 0.3) is 0 Å². The molecule has 18 heavy (non-hydrogen) atoms. The van der Waals surface area contributed by atoms with Crippen molar-refractivity contribution in [2.45, 2.75) is 12.5 Å². The molecule has 2 aromatic carbocycles. The van der Waals surface area contributed by atoms with Crippen molar-refractivity contribution in [2.24, 2.45) is 0 Å². The molecule has 0 amide bonds. The molecule has 0 spiro atoms. The maximum atomic E-state index is 13.7. The second-order valence-corrected chi connectivity index (χ2v) is 4.58. The molecule has 0 saturated heterocycles. The molecule has 0 saturated carbocycles. The number of hydrogen-bond acceptors (Lipinski definition) is 1. The van der Waals surface area contributed by atoms with Crippen molar-refractivity contribution in [1.29, 1.82) is 0 Å². The summed E-state index contributed by atoms with van der Waals surface area (Å²) < 4.78 is 26.9. The highest BCUT2D eigenvalue weighted by Crippen LogP contribution is 2.35. The van der Waals surface area contributed by atoms with Crippen LogP contribution in [0.3, 0.4) is 0 Å². The van der Waals surface area contributed by atoms with Gasteiger partial charge in [-0.2, -0.15) is 0 Å². The summed E-state index contributed by atoms with van der Waals surface area (Å²) in [6.45, 7) is 1.38. The number of rotatable bonds is 2. The first kappa shape index (κ1) is 13.0. The minimum absolute atomic E-state index is 0.0532. The summed E-state index contributed by atoms with van der Waals surface area (Å²) in [5.41, 5.74) is -1.50. The van der Waals surface area contributed by atoms with Crippen LogP contribution < -0.4 is 0 Å². The monoisotopic (exact) mass is 268 g/mol. The first-order chi connectivity index (χ1) is 8.43. The van der Waals surface area contributed by atoms with Gasteiger partial charge in [-0.1, -0.05) is 29.8 Å². The number of aliphatic hydroxyl groups is 1. The van der Waals surface area contributed by atoms with Crippen LogP contribution in [0, 0.1) is 11.6 Å². The lowest BCUT2D eigenvalue weighted by molar-refractivity contribution is 0.0977. The highest BCUT2D eigenvalue weighted by atomic mass is 35.5. The predicted octanol–water partition coefficient (Wildman–Crippen LogP) is 3.87. The smallest absolute Gasteiger partial charge is 0.129 e. The van der Waals surface area contributed by atoms with Crippen LogP contribution in [0.4, 0.5) is 8.78 Å². The van der Waals surface area contributed by atoms with Crippen LogP contribution >= 0.6 is 11.6 Å². The Morgan fingerprint density at radius 2 is 1.72 bits per heavy atom. The van der Waals surface area contributed by atoms with Gasteiger partial charge >= 0.3 is 0 Å². The SMILES string of the molecule is CC(O)(c1ccccc1F)c1cc(F)ccc1Cl. The Kier molecular flexibility index (Phi) is 3.37. The van der Waals surface area contributed by atoms with E-state index in [2.05, 4.69) is 0 Å². The van der Waals surface area contributed by atoms with Gasteiger partial charge < -0.3 is 5.11 Å². The molecule has 1 N–H and O–H groups in total. The van der Waals surface area contributed by atoms with E-state index in [0.717, 1.165) is 6.07 Å². The lowest BCUT2D eigenvalue weighted by atomic mass is 9.88. The number of benzene rings is 2. The molecule has 1 unspecified atom stereocenters. The van der Waals surface area contributed by atoms with Crippen molar-refractivity contribution in [2.75, 3.05) is 0 Å².